The quantitative estimate of drug-likeness (QED) is 0.793. The largest absolute Gasteiger partial charge is 0.457 e. The van der Waals surface area contributed by atoms with Crippen LogP contribution in [0.1, 0.15) is 17.5 Å². The van der Waals surface area contributed by atoms with Crippen LogP contribution in [0, 0.1) is 5.92 Å². The molecule has 3 rings (SSSR count). The Balaban J connectivity index is 0.00000261. The molecule has 146 valence electrons. The van der Waals surface area contributed by atoms with Crippen molar-refractivity contribution in [2.75, 3.05) is 13.1 Å². The maximum atomic E-state index is 12.5. The van der Waals surface area contributed by atoms with Crippen molar-refractivity contribution >= 4 is 18.3 Å². The molecule has 0 aromatic heterocycles. The third kappa shape index (κ3) is 5.87. The topological polar surface area (TPSA) is 50.4 Å². The number of rotatable bonds is 5. The van der Waals surface area contributed by atoms with Crippen LogP contribution < -0.4 is 15.4 Å². The van der Waals surface area contributed by atoms with Crippen molar-refractivity contribution in [1.29, 1.82) is 0 Å². The minimum atomic E-state index is -4.36. The maximum Gasteiger partial charge on any atom is 0.416 e. The van der Waals surface area contributed by atoms with E-state index in [1.54, 1.807) is 12.1 Å². The van der Waals surface area contributed by atoms with Gasteiger partial charge in [-0.15, -0.1) is 12.4 Å². The fourth-order valence-electron chi connectivity index (χ4n) is 2.74. The highest BCUT2D eigenvalue weighted by atomic mass is 35.5. The van der Waals surface area contributed by atoms with E-state index < -0.39 is 11.7 Å². The molecule has 2 aromatic carbocycles. The predicted molar refractivity (Wildman–Crippen MR) is 98.0 cm³/mol. The second-order valence-corrected chi connectivity index (χ2v) is 6.18. The van der Waals surface area contributed by atoms with Crippen LogP contribution >= 0.6 is 12.4 Å². The van der Waals surface area contributed by atoms with E-state index in [2.05, 4.69) is 10.6 Å². The SMILES string of the molecule is Cl.O=C(NCc1ccc(Oc2ccc(C(F)(F)F)cc2)cc1)C1CCNC1. The summed E-state index contributed by atoms with van der Waals surface area (Å²) in [6, 6.07) is 11.6. The number of halogens is 4. The summed E-state index contributed by atoms with van der Waals surface area (Å²) in [4.78, 5) is 12.0. The summed E-state index contributed by atoms with van der Waals surface area (Å²) >= 11 is 0. The number of benzene rings is 2. The Bertz CT molecular complexity index is 743. The Hall–Kier alpha value is -2.25. The molecule has 27 heavy (non-hydrogen) atoms. The molecule has 1 fully saturated rings. The van der Waals surface area contributed by atoms with E-state index in [1.807, 2.05) is 12.1 Å². The standard InChI is InChI=1S/C19H19F3N2O2.ClH/c20-19(21,22)15-3-7-17(8-4-15)26-16-5-1-13(2-6-16)11-24-18(25)14-9-10-23-12-14;/h1-8,14,23H,9-12H2,(H,24,25);1H. The molecule has 1 atom stereocenters. The zero-order valence-corrected chi connectivity index (χ0v) is 15.2. The normalized spacial score (nSPS) is 16.5. The summed E-state index contributed by atoms with van der Waals surface area (Å²) in [5.41, 5.74) is 0.206. The van der Waals surface area contributed by atoms with Gasteiger partial charge in [-0.05, 0) is 54.9 Å². The summed E-state index contributed by atoms with van der Waals surface area (Å²) < 4.78 is 43.2. The second kappa shape index (κ2) is 9.10. The van der Waals surface area contributed by atoms with Crippen molar-refractivity contribution in [1.82, 2.24) is 10.6 Å². The van der Waals surface area contributed by atoms with E-state index in [0.29, 0.717) is 24.6 Å². The minimum absolute atomic E-state index is 0. The molecule has 0 aliphatic carbocycles. The van der Waals surface area contributed by atoms with Gasteiger partial charge in [0.2, 0.25) is 5.91 Å². The molecule has 4 nitrogen and oxygen atoms in total. The summed E-state index contributed by atoms with van der Waals surface area (Å²) in [7, 11) is 0. The van der Waals surface area contributed by atoms with Crippen LogP contribution in [-0.2, 0) is 17.5 Å². The highest BCUT2D eigenvalue weighted by Crippen LogP contribution is 2.31. The lowest BCUT2D eigenvalue weighted by molar-refractivity contribution is -0.137. The average Bonchev–Trinajstić information content (AvgIpc) is 3.15. The summed E-state index contributed by atoms with van der Waals surface area (Å²) in [5, 5.41) is 6.06. The van der Waals surface area contributed by atoms with Gasteiger partial charge in [-0.2, -0.15) is 13.2 Å². The highest BCUT2D eigenvalue weighted by Gasteiger charge is 2.30. The van der Waals surface area contributed by atoms with Gasteiger partial charge in [0.05, 0.1) is 11.5 Å². The number of carbonyl (C=O) groups is 1. The van der Waals surface area contributed by atoms with Crippen LogP contribution in [0.5, 0.6) is 11.5 Å². The Morgan fingerprint density at radius 1 is 1.07 bits per heavy atom. The molecule has 1 aliphatic heterocycles. The molecule has 2 N–H and O–H groups in total. The van der Waals surface area contributed by atoms with Gasteiger partial charge in [-0.1, -0.05) is 12.1 Å². The zero-order chi connectivity index (χ0) is 18.6. The molecule has 8 heteroatoms. The van der Waals surface area contributed by atoms with Crippen LogP contribution in [-0.4, -0.2) is 19.0 Å². The van der Waals surface area contributed by atoms with Crippen molar-refractivity contribution in [3.63, 3.8) is 0 Å². The van der Waals surface area contributed by atoms with E-state index in [-0.39, 0.29) is 24.2 Å². The van der Waals surface area contributed by atoms with Gasteiger partial charge in [0, 0.05) is 13.1 Å². The smallest absolute Gasteiger partial charge is 0.416 e. The Kier molecular flexibility index (Phi) is 7.10. The van der Waals surface area contributed by atoms with E-state index in [0.717, 1.165) is 30.7 Å². The van der Waals surface area contributed by atoms with Crippen molar-refractivity contribution in [3.05, 3.63) is 59.7 Å². The first-order valence-electron chi connectivity index (χ1n) is 8.34. The van der Waals surface area contributed by atoms with Gasteiger partial charge in [0.25, 0.3) is 0 Å². The van der Waals surface area contributed by atoms with Crippen molar-refractivity contribution in [3.8, 4) is 11.5 Å². The van der Waals surface area contributed by atoms with E-state index in [1.165, 1.54) is 12.1 Å². The molecule has 1 unspecified atom stereocenters. The Morgan fingerprint density at radius 2 is 1.67 bits per heavy atom. The number of carbonyl (C=O) groups excluding carboxylic acids is 1. The van der Waals surface area contributed by atoms with Crippen molar-refractivity contribution < 1.29 is 22.7 Å². The molecule has 1 aliphatic rings. The van der Waals surface area contributed by atoms with Crippen LogP contribution in [0.3, 0.4) is 0 Å². The van der Waals surface area contributed by atoms with Crippen LogP contribution in [0.25, 0.3) is 0 Å². The van der Waals surface area contributed by atoms with Crippen LogP contribution in [0.4, 0.5) is 13.2 Å². The first-order chi connectivity index (χ1) is 12.4. The number of hydrogen-bond donors (Lipinski definition) is 2. The lowest BCUT2D eigenvalue weighted by Gasteiger charge is -2.11. The predicted octanol–water partition coefficient (Wildman–Crippen LogP) is 4.15. The Labute approximate surface area is 161 Å². The molecule has 1 saturated heterocycles. The molecule has 0 radical (unpaired) electrons. The van der Waals surface area contributed by atoms with Gasteiger partial charge in [-0.25, -0.2) is 0 Å². The van der Waals surface area contributed by atoms with E-state index in [9.17, 15) is 18.0 Å². The van der Waals surface area contributed by atoms with Crippen molar-refractivity contribution in [2.45, 2.75) is 19.1 Å². The zero-order valence-electron chi connectivity index (χ0n) is 14.4. The fourth-order valence-corrected chi connectivity index (χ4v) is 2.74. The average molecular weight is 401 g/mol. The number of ether oxygens (including phenoxy) is 1. The van der Waals surface area contributed by atoms with E-state index in [4.69, 9.17) is 4.74 Å². The van der Waals surface area contributed by atoms with Crippen molar-refractivity contribution in [2.24, 2.45) is 5.92 Å². The molecule has 0 saturated carbocycles. The minimum Gasteiger partial charge on any atom is -0.457 e. The maximum absolute atomic E-state index is 12.5. The van der Waals surface area contributed by atoms with Gasteiger partial charge in [-0.3, -0.25) is 4.79 Å². The molecule has 0 bridgehead atoms. The summed E-state index contributed by atoms with van der Waals surface area (Å²) in [6.45, 7) is 2.01. The van der Waals surface area contributed by atoms with E-state index >= 15 is 0 Å². The molecular formula is C19H20ClF3N2O2. The monoisotopic (exact) mass is 400 g/mol. The highest BCUT2D eigenvalue weighted by molar-refractivity contribution is 5.85. The number of amides is 1. The fraction of sp³-hybridized carbons (Fsp3) is 0.316. The number of alkyl halides is 3. The molecule has 0 spiro atoms. The second-order valence-electron chi connectivity index (χ2n) is 6.18. The third-order valence-electron chi connectivity index (χ3n) is 4.24. The first kappa shape index (κ1) is 21.1. The van der Waals surface area contributed by atoms with Gasteiger partial charge >= 0.3 is 6.18 Å². The van der Waals surface area contributed by atoms with Gasteiger partial charge < -0.3 is 15.4 Å². The lowest BCUT2D eigenvalue weighted by Crippen LogP contribution is -2.31. The third-order valence-corrected chi connectivity index (χ3v) is 4.24. The van der Waals surface area contributed by atoms with Gasteiger partial charge in [0.1, 0.15) is 11.5 Å². The Morgan fingerprint density at radius 3 is 2.19 bits per heavy atom. The van der Waals surface area contributed by atoms with Crippen LogP contribution in [0.2, 0.25) is 0 Å². The number of hydrogen-bond acceptors (Lipinski definition) is 3. The molecule has 1 heterocycles. The molecular weight excluding hydrogens is 381 g/mol. The first-order valence-corrected chi connectivity index (χ1v) is 8.34. The lowest BCUT2D eigenvalue weighted by atomic mass is 10.1. The van der Waals surface area contributed by atoms with Crippen LogP contribution in [0.15, 0.2) is 48.5 Å². The van der Waals surface area contributed by atoms with Gasteiger partial charge in [0.15, 0.2) is 0 Å². The number of nitrogens with one attached hydrogen (secondary N) is 2. The molecule has 2 aromatic rings. The summed E-state index contributed by atoms with van der Waals surface area (Å²) in [5.74, 6) is 0.907. The molecule has 1 amide bonds. The summed E-state index contributed by atoms with van der Waals surface area (Å²) in [6.07, 6.45) is -3.51.